The first-order valence-corrected chi connectivity index (χ1v) is 12.6. The molecular formula is C29H29ClN2O3. The number of halogens is 1. The molecule has 1 spiro atoms. The quantitative estimate of drug-likeness (QED) is 0.542. The SMILES string of the molecule is COC1C=CC=C2Oc3ncccc3C(=CCCN3CCC4(CC3)OCc3cc(Cl)ccc34)C=C21. The van der Waals surface area contributed by atoms with Crippen molar-refractivity contribution >= 4 is 17.2 Å². The van der Waals surface area contributed by atoms with Gasteiger partial charge in [0.15, 0.2) is 0 Å². The molecule has 180 valence electrons. The van der Waals surface area contributed by atoms with E-state index in [9.17, 15) is 0 Å². The first-order valence-electron chi connectivity index (χ1n) is 12.3. The zero-order chi connectivity index (χ0) is 23.8. The van der Waals surface area contributed by atoms with Crippen molar-refractivity contribution in [3.63, 3.8) is 0 Å². The summed E-state index contributed by atoms with van der Waals surface area (Å²) in [6.45, 7) is 3.72. The fourth-order valence-corrected chi connectivity index (χ4v) is 5.81. The third-order valence-corrected chi connectivity index (χ3v) is 7.75. The van der Waals surface area contributed by atoms with Crippen LogP contribution in [0.2, 0.25) is 5.02 Å². The summed E-state index contributed by atoms with van der Waals surface area (Å²) >= 11 is 6.19. The molecule has 6 heteroatoms. The van der Waals surface area contributed by atoms with Crippen LogP contribution in [0.5, 0.6) is 5.88 Å². The topological polar surface area (TPSA) is 43.8 Å². The van der Waals surface area contributed by atoms with E-state index in [4.69, 9.17) is 25.8 Å². The molecule has 0 radical (unpaired) electrons. The van der Waals surface area contributed by atoms with Gasteiger partial charge >= 0.3 is 0 Å². The number of likely N-dealkylation sites (tertiary alicyclic amines) is 1. The summed E-state index contributed by atoms with van der Waals surface area (Å²) in [4.78, 5) is 7.04. The van der Waals surface area contributed by atoms with Gasteiger partial charge in [-0.1, -0.05) is 35.9 Å². The number of ether oxygens (including phenoxy) is 3. The van der Waals surface area contributed by atoms with Crippen molar-refractivity contribution in [2.24, 2.45) is 0 Å². The van der Waals surface area contributed by atoms with Crippen molar-refractivity contribution in [2.75, 3.05) is 26.7 Å². The van der Waals surface area contributed by atoms with Crippen LogP contribution >= 0.6 is 11.6 Å². The van der Waals surface area contributed by atoms with Crippen LogP contribution in [0.15, 0.2) is 78.2 Å². The average Bonchev–Trinajstić information content (AvgIpc) is 3.13. The van der Waals surface area contributed by atoms with E-state index in [-0.39, 0.29) is 11.7 Å². The smallest absolute Gasteiger partial charge is 0.227 e. The van der Waals surface area contributed by atoms with Crippen LogP contribution in [0, 0.1) is 0 Å². The van der Waals surface area contributed by atoms with E-state index in [1.807, 2.05) is 30.4 Å². The second-order valence-corrected chi connectivity index (χ2v) is 9.94. The molecule has 1 fully saturated rings. The molecule has 4 aliphatic rings. The number of methoxy groups -OCH3 is 1. The highest BCUT2D eigenvalue weighted by atomic mass is 35.5. The fraction of sp³-hybridized carbons (Fsp3) is 0.345. The molecule has 1 saturated heterocycles. The summed E-state index contributed by atoms with van der Waals surface area (Å²) in [6, 6.07) is 10.2. The normalized spacial score (nSPS) is 23.7. The van der Waals surface area contributed by atoms with E-state index in [2.05, 4.69) is 40.2 Å². The molecule has 0 amide bonds. The lowest BCUT2D eigenvalue weighted by Crippen LogP contribution is -2.42. The fourth-order valence-electron chi connectivity index (χ4n) is 5.62. The summed E-state index contributed by atoms with van der Waals surface area (Å²) in [7, 11) is 1.72. The Kier molecular flexibility index (Phi) is 6.11. The van der Waals surface area contributed by atoms with Gasteiger partial charge < -0.3 is 19.1 Å². The number of pyridine rings is 1. The molecule has 3 aliphatic heterocycles. The molecule has 1 aromatic heterocycles. The highest BCUT2D eigenvalue weighted by Crippen LogP contribution is 2.45. The van der Waals surface area contributed by atoms with Gasteiger partial charge in [-0.3, -0.25) is 0 Å². The average molecular weight is 489 g/mol. The van der Waals surface area contributed by atoms with Gasteiger partial charge in [0.2, 0.25) is 5.88 Å². The Balaban J connectivity index is 1.16. The molecule has 5 nitrogen and oxygen atoms in total. The van der Waals surface area contributed by atoms with E-state index in [1.54, 1.807) is 13.3 Å². The molecule has 0 N–H and O–H groups in total. The van der Waals surface area contributed by atoms with Crippen LogP contribution in [0.1, 0.15) is 36.0 Å². The first kappa shape index (κ1) is 22.7. The lowest BCUT2D eigenvalue weighted by Gasteiger charge is -2.39. The van der Waals surface area contributed by atoms with E-state index in [0.29, 0.717) is 12.5 Å². The Morgan fingerprint density at radius 1 is 1.26 bits per heavy atom. The van der Waals surface area contributed by atoms with Crippen molar-refractivity contribution in [1.82, 2.24) is 9.88 Å². The number of nitrogens with zero attached hydrogens (tertiary/aromatic N) is 2. The Bertz CT molecular complexity index is 1250. The van der Waals surface area contributed by atoms with Crippen LogP contribution < -0.4 is 4.74 Å². The zero-order valence-electron chi connectivity index (χ0n) is 19.9. The van der Waals surface area contributed by atoms with E-state index in [1.165, 1.54) is 11.1 Å². The Hall–Kier alpha value is -2.70. The summed E-state index contributed by atoms with van der Waals surface area (Å²) in [5.41, 5.74) is 5.59. The van der Waals surface area contributed by atoms with Crippen molar-refractivity contribution in [2.45, 2.75) is 37.6 Å². The second kappa shape index (κ2) is 9.40. The van der Waals surface area contributed by atoms with E-state index in [0.717, 1.165) is 66.4 Å². The highest BCUT2D eigenvalue weighted by Gasteiger charge is 2.42. The molecule has 1 unspecified atom stereocenters. The minimum absolute atomic E-state index is 0.129. The van der Waals surface area contributed by atoms with E-state index < -0.39 is 0 Å². The van der Waals surface area contributed by atoms with Crippen molar-refractivity contribution < 1.29 is 14.2 Å². The molecule has 1 atom stereocenters. The van der Waals surface area contributed by atoms with E-state index >= 15 is 0 Å². The zero-order valence-corrected chi connectivity index (χ0v) is 20.6. The van der Waals surface area contributed by atoms with Gasteiger partial charge in [-0.15, -0.1) is 0 Å². The summed E-state index contributed by atoms with van der Waals surface area (Å²) in [6.07, 6.45) is 15.1. The Morgan fingerprint density at radius 2 is 2.14 bits per heavy atom. The maximum Gasteiger partial charge on any atom is 0.227 e. The molecule has 1 aliphatic carbocycles. The number of aromatic nitrogens is 1. The predicted octanol–water partition coefficient (Wildman–Crippen LogP) is 5.82. The largest absolute Gasteiger partial charge is 0.438 e. The molecule has 0 bridgehead atoms. The third kappa shape index (κ3) is 4.27. The molecule has 35 heavy (non-hydrogen) atoms. The van der Waals surface area contributed by atoms with Crippen molar-refractivity contribution in [1.29, 1.82) is 0 Å². The maximum absolute atomic E-state index is 6.33. The molecular weight excluding hydrogens is 460 g/mol. The minimum Gasteiger partial charge on any atom is -0.438 e. The number of benzene rings is 1. The van der Waals surface area contributed by atoms with Crippen LogP contribution in [-0.4, -0.2) is 42.7 Å². The number of fused-ring (bicyclic) bond motifs is 4. The molecule has 6 rings (SSSR count). The number of piperidine rings is 1. The lowest BCUT2D eigenvalue weighted by atomic mass is 9.84. The first-order chi connectivity index (χ1) is 17.1. The number of allylic oxidation sites excluding steroid dienone is 4. The van der Waals surface area contributed by atoms with Gasteiger partial charge in [0.25, 0.3) is 0 Å². The van der Waals surface area contributed by atoms with Gasteiger partial charge in [0.05, 0.1) is 12.2 Å². The Morgan fingerprint density at radius 3 is 3.00 bits per heavy atom. The van der Waals surface area contributed by atoms with Gasteiger partial charge in [-0.05, 0) is 72.4 Å². The molecule has 2 aromatic rings. The molecule has 1 aromatic carbocycles. The summed E-state index contributed by atoms with van der Waals surface area (Å²) < 4.78 is 18.2. The molecule has 4 heterocycles. The summed E-state index contributed by atoms with van der Waals surface area (Å²) in [5, 5.41) is 0.786. The molecule has 0 saturated carbocycles. The summed E-state index contributed by atoms with van der Waals surface area (Å²) in [5.74, 6) is 1.43. The van der Waals surface area contributed by atoms with Gasteiger partial charge in [0, 0.05) is 49.1 Å². The third-order valence-electron chi connectivity index (χ3n) is 7.51. The monoisotopic (exact) mass is 488 g/mol. The predicted molar refractivity (Wildman–Crippen MR) is 137 cm³/mol. The highest BCUT2D eigenvalue weighted by molar-refractivity contribution is 6.30. The van der Waals surface area contributed by atoms with Crippen LogP contribution in [0.3, 0.4) is 0 Å². The number of rotatable bonds is 4. The minimum atomic E-state index is -0.144. The lowest BCUT2D eigenvalue weighted by molar-refractivity contribution is -0.0785. The van der Waals surface area contributed by atoms with Crippen molar-refractivity contribution in [3.05, 3.63) is 100.0 Å². The maximum atomic E-state index is 6.33. The second-order valence-electron chi connectivity index (χ2n) is 9.50. The van der Waals surface area contributed by atoms with Gasteiger partial charge in [0.1, 0.15) is 11.9 Å². The van der Waals surface area contributed by atoms with Gasteiger partial charge in [-0.25, -0.2) is 4.98 Å². The van der Waals surface area contributed by atoms with Crippen LogP contribution in [0.4, 0.5) is 0 Å². The number of hydrogen-bond acceptors (Lipinski definition) is 5. The Labute approximate surface area is 211 Å². The standard InChI is InChI=1S/C29H29ClN2O3/c1-33-26-7-2-8-27-24(26)18-20(23-6-3-13-31-28(23)35-27)5-4-14-32-15-11-29(12-16-32)25-10-9-22(30)17-21(25)19-34-29/h2-3,5-10,13,17-18,26H,4,11-12,14-16,19H2,1H3. The number of hydrogen-bond donors (Lipinski definition) is 0. The van der Waals surface area contributed by atoms with Crippen LogP contribution in [-0.2, 0) is 21.7 Å². The van der Waals surface area contributed by atoms with Crippen molar-refractivity contribution in [3.8, 4) is 5.88 Å². The van der Waals surface area contributed by atoms with Gasteiger partial charge in [-0.2, -0.15) is 0 Å². The van der Waals surface area contributed by atoms with Crippen LogP contribution in [0.25, 0.3) is 5.57 Å².